The lowest BCUT2D eigenvalue weighted by atomic mass is 10.2. The predicted molar refractivity (Wildman–Crippen MR) is 39.4 cm³/mol. The topological polar surface area (TPSA) is 93.1 Å². The van der Waals surface area contributed by atoms with Gasteiger partial charge in [0.1, 0.15) is 0 Å². The molecule has 6 nitrogen and oxygen atoms in total. The van der Waals surface area contributed by atoms with E-state index in [4.69, 9.17) is 19.7 Å². The Morgan fingerprint density at radius 1 is 1.00 bits per heavy atom. The summed E-state index contributed by atoms with van der Waals surface area (Å²) in [6.07, 6.45) is -2.30. The SMILES string of the molecule is O=C(O)C1OCCCOC1C(=O)O. The molecule has 6 heteroatoms. The van der Waals surface area contributed by atoms with Crippen LogP contribution in [0.1, 0.15) is 6.42 Å². The highest BCUT2D eigenvalue weighted by Gasteiger charge is 2.36. The number of carboxylic acid groups (broad SMARTS) is 2. The third kappa shape index (κ3) is 2.40. The molecular weight excluding hydrogens is 180 g/mol. The summed E-state index contributed by atoms with van der Waals surface area (Å²) < 4.78 is 9.67. The highest BCUT2D eigenvalue weighted by Crippen LogP contribution is 2.10. The quantitative estimate of drug-likeness (QED) is 0.599. The van der Waals surface area contributed by atoms with Crippen molar-refractivity contribution in [3.05, 3.63) is 0 Å². The largest absolute Gasteiger partial charge is 0.479 e. The van der Waals surface area contributed by atoms with E-state index >= 15 is 0 Å². The molecule has 0 saturated carbocycles. The minimum Gasteiger partial charge on any atom is -0.479 e. The first-order chi connectivity index (χ1) is 6.13. The zero-order chi connectivity index (χ0) is 9.84. The average Bonchev–Trinajstić information content (AvgIpc) is 2.27. The van der Waals surface area contributed by atoms with Crippen LogP contribution in [0.15, 0.2) is 0 Å². The van der Waals surface area contributed by atoms with Gasteiger partial charge in [-0.3, -0.25) is 0 Å². The summed E-state index contributed by atoms with van der Waals surface area (Å²) >= 11 is 0. The van der Waals surface area contributed by atoms with Crippen LogP contribution in [0, 0.1) is 0 Å². The monoisotopic (exact) mass is 190 g/mol. The Morgan fingerprint density at radius 3 is 1.69 bits per heavy atom. The Hall–Kier alpha value is -1.14. The summed E-state index contributed by atoms with van der Waals surface area (Å²) in [5.41, 5.74) is 0. The molecule has 0 aliphatic carbocycles. The van der Waals surface area contributed by atoms with Gasteiger partial charge in [-0.2, -0.15) is 0 Å². The molecule has 1 aliphatic rings. The van der Waals surface area contributed by atoms with E-state index in [9.17, 15) is 9.59 Å². The van der Waals surface area contributed by atoms with Crippen LogP contribution in [0.4, 0.5) is 0 Å². The molecule has 0 aromatic rings. The lowest BCUT2D eigenvalue weighted by molar-refractivity contribution is -0.171. The Labute approximate surface area is 74.1 Å². The molecular formula is C7H10O6. The first kappa shape index (κ1) is 9.94. The molecule has 0 radical (unpaired) electrons. The summed E-state index contributed by atoms with van der Waals surface area (Å²) in [6.45, 7) is 0.418. The summed E-state index contributed by atoms with van der Waals surface area (Å²) in [5.74, 6) is -2.62. The molecule has 1 rings (SSSR count). The van der Waals surface area contributed by atoms with E-state index < -0.39 is 24.1 Å². The highest BCUT2D eigenvalue weighted by molar-refractivity contribution is 5.83. The lowest BCUT2D eigenvalue weighted by Crippen LogP contribution is -2.42. The molecule has 2 unspecified atom stereocenters. The standard InChI is InChI=1S/C7H10O6/c8-6(9)4-5(7(10)11)13-3-1-2-12-4/h4-5H,1-3H2,(H,8,9)(H,10,11). The molecule has 0 aromatic carbocycles. The van der Waals surface area contributed by atoms with Gasteiger partial charge in [0.15, 0.2) is 12.2 Å². The average molecular weight is 190 g/mol. The van der Waals surface area contributed by atoms with Crippen molar-refractivity contribution < 1.29 is 29.3 Å². The fourth-order valence-corrected chi connectivity index (χ4v) is 1.06. The van der Waals surface area contributed by atoms with Gasteiger partial charge in [0.05, 0.1) is 13.2 Å². The van der Waals surface area contributed by atoms with Gasteiger partial charge >= 0.3 is 11.9 Å². The van der Waals surface area contributed by atoms with Gasteiger partial charge in [-0.15, -0.1) is 0 Å². The van der Waals surface area contributed by atoms with Crippen LogP contribution >= 0.6 is 0 Å². The second kappa shape index (κ2) is 4.20. The van der Waals surface area contributed by atoms with Gasteiger partial charge in [0, 0.05) is 0 Å². The number of hydrogen-bond donors (Lipinski definition) is 2. The maximum absolute atomic E-state index is 10.6. The Bertz CT molecular complexity index is 191. The van der Waals surface area contributed by atoms with Crippen molar-refractivity contribution in [1.82, 2.24) is 0 Å². The number of hydrogen-bond acceptors (Lipinski definition) is 4. The van der Waals surface area contributed by atoms with E-state index in [0.29, 0.717) is 6.42 Å². The molecule has 74 valence electrons. The molecule has 2 atom stereocenters. The van der Waals surface area contributed by atoms with Crippen molar-refractivity contribution in [2.75, 3.05) is 13.2 Å². The van der Waals surface area contributed by atoms with Crippen LogP contribution in [0.2, 0.25) is 0 Å². The summed E-state index contributed by atoms with van der Waals surface area (Å²) in [6, 6.07) is 0. The smallest absolute Gasteiger partial charge is 0.336 e. The van der Waals surface area contributed by atoms with Crippen molar-refractivity contribution in [2.24, 2.45) is 0 Å². The fourth-order valence-electron chi connectivity index (χ4n) is 1.06. The first-order valence-corrected chi connectivity index (χ1v) is 3.81. The maximum Gasteiger partial charge on any atom is 0.336 e. The van der Waals surface area contributed by atoms with Crippen molar-refractivity contribution >= 4 is 11.9 Å². The van der Waals surface area contributed by atoms with E-state index in [1.807, 2.05) is 0 Å². The van der Waals surface area contributed by atoms with Gasteiger partial charge in [-0.05, 0) is 6.42 Å². The minimum atomic E-state index is -1.40. The van der Waals surface area contributed by atoms with Gasteiger partial charge in [0.25, 0.3) is 0 Å². The molecule has 1 fully saturated rings. The molecule has 13 heavy (non-hydrogen) atoms. The van der Waals surface area contributed by atoms with E-state index in [1.54, 1.807) is 0 Å². The normalized spacial score (nSPS) is 29.2. The summed E-state index contributed by atoms with van der Waals surface area (Å²) in [4.78, 5) is 21.1. The second-order valence-electron chi connectivity index (χ2n) is 2.61. The van der Waals surface area contributed by atoms with E-state index in [-0.39, 0.29) is 13.2 Å². The molecule has 2 N–H and O–H groups in total. The second-order valence-corrected chi connectivity index (χ2v) is 2.61. The van der Waals surface area contributed by atoms with Crippen LogP contribution in [0.5, 0.6) is 0 Å². The van der Waals surface area contributed by atoms with E-state index in [1.165, 1.54) is 0 Å². The van der Waals surface area contributed by atoms with Crippen LogP contribution in [0.25, 0.3) is 0 Å². The molecule has 0 aromatic heterocycles. The van der Waals surface area contributed by atoms with Crippen molar-refractivity contribution in [3.8, 4) is 0 Å². The van der Waals surface area contributed by atoms with Gasteiger partial charge in [-0.1, -0.05) is 0 Å². The van der Waals surface area contributed by atoms with Gasteiger partial charge in [0.2, 0.25) is 0 Å². The molecule has 0 amide bonds. The number of aliphatic carboxylic acids is 2. The fraction of sp³-hybridized carbons (Fsp3) is 0.714. The zero-order valence-electron chi connectivity index (χ0n) is 6.80. The van der Waals surface area contributed by atoms with Gasteiger partial charge in [-0.25, -0.2) is 9.59 Å². The van der Waals surface area contributed by atoms with Crippen molar-refractivity contribution in [3.63, 3.8) is 0 Å². The predicted octanol–water partition coefficient (Wildman–Crippen LogP) is -0.670. The first-order valence-electron chi connectivity index (χ1n) is 3.81. The Kier molecular flexibility index (Phi) is 3.21. The third-order valence-corrected chi connectivity index (χ3v) is 1.65. The van der Waals surface area contributed by atoms with Crippen LogP contribution in [-0.2, 0) is 19.1 Å². The maximum atomic E-state index is 10.6. The highest BCUT2D eigenvalue weighted by atomic mass is 16.6. The number of carbonyl (C=O) groups is 2. The van der Waals surface area contributed by atoms with E-state index in [0.717, 1.165) is 0 Å². The zero-order valence-corrected chi connectivity index (χ0v) is 6.80. The van der Waals surface area contributed by atoms with Crippen molar-refractivity contribution in [2.45, 2.75) is 18.6 Å². The molecule has 1 aliphatic heterocycles. The van der Waals surface area contributed by atoms with E-state index in [2.05, 4.69) is 0 Å². The number of rotatable bonds is 2. The Balaban J connectivity index is 2.72. The molecule has 0 bridgehead atoms. The van der Waals surface area contributed by atoms with Crippen molar-refractivity contribution in [1.29, 1.82) is 0 Å². The number of ether oxygens (including phenoxy) is 2. The van der Waals surface area contributed by atoms with Crippen LogP contribution in [0.3, 0.4) is 0 Å². The molecule has 0 spiro atoms. The summed E-state index contributed by atoms with van der Waals surface area (Å²) in [7, 11) is 0. The third-order valence-electron chi connectivity index (χ3n) is 1.65. The lowest BCUT2D eigenvalue weighted by Gasteiger charge is -2.16. The van der Waals surface area contributed by atoms with Crippen LogP contribution in [-0.4, -0.2) is 47.6 Å². The summed E-state index contributed by atoms with van der Waals surface area (Å²) in [5, 5.41) is 17.2. The number of carboxylic acids is 2. The Morgan fingerprint density at radius 2 is 1.38 bits per heavy atom. The van der Waals surface area contributed by atoms with Crippen LogP contribution < -0.4 is 0 Å². The molecule has 1 saturated heterocycles. The van der Waals surface area contributed by atoms with Gasteiger partial charge < -0.3 is 19.7 Å². The minimum absolute atomic E-state index is 0.209. The molecule has 1 heterocycles.